The topological polar surface area (TPSA) is 50.4 Å². The summed E-state index contributed by atoms with van der Waals surface area (Å²) in [7, 11) is 1.63. The summed E-state index contributed by atoms with van der Waals surface area (Å²) in [5, 5.41) is 5.76. The van der Waals surface area contributed by atoms with Crippen molar-refractivity contribution in [1.29, 1.82) is 0 Å². The third kappa shape index (κ3) is 5.17. The third-order valence-corrected chi connectivity index (χ3v) is 2.22. The molecule has 0 aliphatic carbocycles. The maximum Gasteiger partial charge on any atom is 0.234 e. The van der Waals surface area contributed by atoms with Crippen molar-refractivity contribution in [3.63, 3.8) is 0 Å². The molecule has 1 rings (SSSR count). The van der Waals surface area contributed by atoms with E-state index in [0.29, 0.717) is 19.6 Å². The molecule has 0 aliphatic rings. The van der Waals surface area contributed by atoms with Gasteiger partial charge in [0.15, 0.2) is 0 Å². The molecule has 0 aromatic heterocycles. The summed E-state index contributed by atoms with van der Waals surface area (Å²) < 4.78 is 5.05. The molecule has 0 fully saturated rings. The maximum atomic E-state index is 11.4. The van der Waals surface area contributed by atoms with Crippen LogP contribution in [-0.2, 0) is 11.3 Å². The van der Waals surface area contributed by atoms with Crippen LogP contribution in [0.4, 0.5) is 0 Å². The molecule has 0 atom stereocenters. The molecule has 1 amide bonds. The van der Waals surface area contributed by atoms with Gasteiger partial charge in [0.1, 0.15) is 5.75 Å². The molecule has 0 spiro atoms. The standard InChI is InChI=1S/C13H18N2O2/c1-3-8-14-10-13(16)15-9-11-4-6-12(17-2)7-5-11/h3-7,14H,1,8-10H2,2H3,(H,15,16). The molecule has 1 aromatic rings. The van der Waals surface area contributed by atoms with Crippen molar-refractivity contribution in [3.8, 4) is 5.75 Å². The summed E-state index contributed by atoms with van der Waals surface area (Å²) in [6, 6.07) is 7.60. The second kappa shape index (κ2) is 7.46. The highest BCUT2D eigenvalue weighted by Gasteiger charge is 2.00. The first-order valence-corrected chi connectivity index (χ1v) is 5.47. The van der Waals surface area contributed by atoms with Crippen molar-refractivity contribution in [3.05, 3.63) is 42.5 Å². The van der Waals surface area contributed by atoms with Gasteiger partial charge in [-0.25, -0.2) is 0 Å². The monoisotopic (exact) mass is 234 g/mol. The first-order valence-electron chi connectivity index (χ1n) is 5.47. The predicted octanol–water partition coefficient (Wildman–Crippen LogP) is 1.09. The fraction of sp³-hybridized carbons (Fsp3) is 0.308. The smallest absolute Gasteiger partial charge is 0.234 e. The van der Waals surface area contributed by atoms with Crippen LogP contribution in [0.3, 0.4) is 0 Å². The molecule has 0 unspecified atom stereocenters. The molecule has 0 heterocycles. The molecule has 2 N–H and O–H groups in total. The van der Waals surface area contributed by atoms with Gasteiger partial charge in [-0.15, -0.1) is 6.58 Å². The zero-order valence-electron chi connectivity index (χ0n) is 10.0. The summed E-state index contributed by atoms with van der Waals surface area (Å²) in [5.74, 6) is 0.787. The fourth-order valence-electron chi connectivity index (χ4n) is 1.29. The summed E-state index contributed by atoms with van der Waals surface area (Å²) in [4.78, 5) is 11.4. The number of carbonyl (C=O) groups excluding carboxylic acids is 1. The zero-order valence-corrected chi connectivity index (χ0v) is 10.0. The van der Waals surface area contributed by atoms with Crippen molar-refractivity contribution < 1.29 is 9.53 Å². The number of hydrogen-bond donors (Lipinski definition) is 2. The van der Waals surface area contributed by atoms with Gasteiger partial charge in [0, 0.05) is 13.1 Å². The lowest BCUT2D eigenvalue weighted by atomic mass is 10.2. The molecule has 0 aliphatic heterocycles. The van der Waals surface area contributed by atoms with Gasteiger partial charge < -0.3 is 15.4 Å². The Morgan fingerprint density at radius 1 is 1.41 bits per heavy atom. The molecular weight excluding hydrogens is 216 g/mol. The Morgan fingerprint density at radius 2 is 2.12 bits per heavy atom. The summed E-state index contributed by atoms with van der Waals surface area (Å²) in [6.07, 6.45) is 1.72. The quantitative estimate of drug-likeness (QED) is 0.548. The minimum Gasteiger partial charge on any atom is -0.497 e. The van der Waals surface area contributed by atoms with Gasteiger partial charge in [0.2, 0.25) is 5.91 Å². The molecule has 92 valence electrons. The third-order valence-electron chi connectivity index (χ3n) is 2.22. The minimum atomic E-state index is -0.0253. The van der Waals surface area contributed by atoms with Crippen LogP contribution in [0.2, 0.25) is 0 Å². The predicted molar refractivity (Wildman–Crippen MR) is 67.9 cm³/mol. The van der Waals surface area contributed by atoms with Crippen LogP contribution in [-0.4, -0.2) is 26.1 Å². The lowest BCUT2D eigenvalue weighted by Gasteiger charge is -2.06. The number of carbonyl (C=O) groups is 1. The van der Waals surface area contributed by atoms with E-state index in [2.05, 4.69) is 17.2 Å². The van der Waals surface area contributed by atoms with Crippen LogP contribution in [0.1, 0.15) is 5.56 Å². The van der Waals surface area contributed by atoms with E-state index in [4.69, 9.17) is 4.74 Å². The van der Waals surface area contributed by atoms with Crippen molar-refractivity contribution in [2.45, 2.75) is 6.54 Å². The molecular formula is C13H18N2O2. The van der Waals surface area contributed by atoms with Crippen LogP contribution < -0.4 is 15.4 Å². The van der Waals surface area contributed by atoms with Gasteiger partial charge in [-0.3, -0.25) is 4.79 Å². The highest BCUT2D eigenvalue weighted by Crippen LogP contribution is 2.10. The van der Waals surface area contributed by atoms with Crippen LogP contribution in [0.15, 0.2) is 36.9 Å². The van der Waals surface area contributed by atoms with Gasteiger partial charge in [0.25, 0.3) is 0 Å². The molecule has 1 aromatic carbocycles. The number of nitrogens with one attached hydrogen (secondary N) is 2. The number of methoxy groups -OCH3 is 1. The van der Waals surface area contributed by atoms with Crippen LogP contribution >= 0.6 is 0 Å². The Kier molecular flexibility index (Phi) is 5.82. The van der Waals surface area contributed by atoms with Crippen LogP contribution in [0.25, 0.3) is 0 Å². The van der Waals surface area contributed by atoms with Gasteiger partial charge in [-0.05, 0) is 17.7 Å². The van der Waals surface area contributed by atoms with E-state index >= 15 is 0 Å². The van der Waals surface area contributed by atoms with Crippen molar-refractivity contribution in [2.24, 2.45) is 0 Å². The van der Waals surface area contributed by atoms with Gasteiger partial charge in [-0.1, -0.05) is 18.2 Å². The molecule has 0 saturated heterocycles. The molecule has 4 heteroatoms. The van der Waals surface area contributed by atoms with Crippen LogP contribution in [0.5, 0.6) is 5.75 Å². The van der Waals surface area contributed by atoms with E-state index in [0.717, 1.165) is 11.3 Å². The van der Waals surface area contributed by atoms with Gasteiger partial charge in [0.05, 0.1) is 13.7 Å². The molecule has 0 radical (unpaired) electrons. The second-order valence-electron chi connectivity index (χ2n) is 3.54. The van der Waals surface area contributed by atoms with Crippen molar-refractivity contribution >= 4 is 5.91 Å². The number of rotatable bonds is 7. The first kappa shape index (κ1) is 13.3. The number of amides is 1. The minimum absolute atomic E-state index is 0.0253. The Bertz CT molecular complexity index is 360. The van der Waals surface area contributed by atoms with E-state index < -0.39 is 0 Å². The molecule has 0 saturated carbocycles. The lowest BCUT2D eigenvalue weighted by Crippen LogP contribution is -2.33. The largest absolute Gasteiger partial charge is 0.497 e. The normalized spacial score (nSPS) is 9.71. The number of hydrogen-bond acceptors (Lipinski definition) is 3. The Morgan fingerprint density at radius 3 is 2.71 bits per heavy atom. The number of ether oxygens (including phenoxy) is 1. The summed E-state index contributed by atoms with van der Waals surface area (Å²) >= 11 is 0. The van der Waals surface area contributed by atoms with Gasteiger partial charge in [-0.2, -0.15) is 0 Å². The Hall–Kier alpha value is -1.81. The van der Waals surface area contributed by atoms with Crippen molar-refractivity contribution in [1.82, 2.24) is 10.6 Å². The van der Waals surface area contributed by atoms with E-state index in [-0.39, 0.29) is 5.91 Å². The van der Waals surface area contributed by atoms with Crippen molar-refractivity contribution in [2.75, 3.05) is 20.2 Å². The molecule has 0 bridgehead atoms. The number of benzene rings is 1. The first-order chi connectivity index (χ1) is 8.26. The zero-order chi connectivity index (χ0) is 12.5. The second-order valence-corrected chi connectivity index (χ2v) is 3.54. The highest BCUT2D eigenvalue weighted by atomic mass is 16.5. The average Bonchev–Trinajstić information content (AvgIpc) is 2.37. The van der Waals surface area contributed by atoms with Crippen LogP contribution in [0, 0.1) is 0 Å². The van der Waals surface area contributed by atoms with E-state index in [1.54, 1.807) is 13.2 Å². The molecule has 17 heavy (non-hydrogen) atoms. The summed E-state index contributed by atoms with van der Waals surface area (Å²) in [5.41, 5.74) is 1.04. The fourth-order valence-corrected chi connectivity index (χ4v) is 1.29. The highest BCUT2D eigenvalue weighted by molar-refractivity contribution is 5.77. The van der Waals surface area contributed by atoms with E-state index in [9.17, 15) is 4.79 Å². The summed E-state index contributed by atoms with van der Waals surface area (Å²) in [6.45, 7) is 5.03. The maximum absolute atomic E-state index is 11.4. The van der Waals surface area contributed by atoms with Gasteiger partial charge >= 0.3 is 0 Å². The average molecular weight is 234 g/mol. The van der Waals surface area contributed by atoms with E-state index in [1.807, 2.05) is 24.3 Å². The SMILES string of the molecule is C=CCNCC(=O)NCc1ccc(OC)cc1. The molecule has 4 nitrogen and oxygen atoms in total. The Labute approximate surface area is 102 Å². The van der Waals surface area contributed by atoms with E-state index in [1.165, 1.54) is 0 Å². The lowest BCUT2D eigenvalue weighted by molar-refractivity contribution is -0.120. The Balaban J connectivity index is 2.29.